The highest BCUT2D eigenvalue weighted by atomic mass is 16.5. The number of pyridine rings is 2. The van der Waals surface area contributed by atoms with Crippen LogP contribution in [0.3, 0.4) is 0 Å². The first kappa shape index (κ1) is 36.7. The zero-order valence-corrected chi connectivity index (χ0v) is 34.9. The minimum atomic E-state index is 0.329. The molecular formula is C52H48N6O. The molecule has 10 rings (SSSR count). The van der Waals surface area contributed by atoms with E-state index in [1.165, 1.54) is 38.8 Å². The largest absolute Gasteiger partial charge is 0.457 e. The van der Waals surface area contributed by atoms with E-state index in [0.717, 1.165) is 66.7 Å². The van der Waals surface area contributed by atoms with Crippen molar-refractivity contribution in [3.05, 3.63) is 144 Å². The third-order valence-electron chi connectivity index (χ3n) is 12.1. The van der Waals surface area contributed by atoms with E-state index in [2.05, 4.69) is 161 Å². The third kappa shape index (κ3) is 5.77. The van der Waals surface area contributed by atoms with Gasteiger partial charge in [0.05, 0.1) is 29.3 Å². The SMILES string of the molecule is CC(C)c1cccc(C(C)C)c1-c1cnc2c3cc(Oc4ccc5c(c4)c4ncc(-c6c(C(C)C)cccc6C(C)C)n4c4nccnc54)ccc3c3ccccc3n12. The molecule has 7 heteroatoms. The van der Waals surface area contributed by atoms with E-state index in [9.17, 15) is 0 Å². The van der Waals surface area contributed by atoms with Crippen LogP contribution in [0.5, 0.6) is 11.5 Å². The Kier molecular flexibility index (Phi) is 8.74. The number of para-hydroxylation sites is 1. The normalized spacial score (nSPS) is 12.3. The average Bonchev–Trinajstić information content (AvgIpc) is 3.89. The van der Waals surface area contributed by atoms with Crippen LogP contribution in [0.25, 0.3) is 77.4 Å². The Morgan fingerprint density at radius 3 is 1.49 bits per heavy atom. The number of hydrogen-bond acceptors (Lipinski definition) is 5. The molecule has 0 bridgehead atoms. The average molecular weight is 773 g/mol. The summed E-state index contributed by atoms with van der Waals surface area (Å²) in [5.41, 5.74) is 14.3. The van der Waals surface area contributed by atoms with Crippen LogP contribution in [0.15, 0.2) is 122 Å². The molecule has 5 aromatic heterocycles. The van der Waals surface area contributed by atoms with E-state index in [1.54, 1.807) is 12.4 Å². The fourth-order valence-electron chi connectivity index (χ4n) is 9.29. The summed E-state index contributed by atoms with van der Waals surface area (Å²) in [7, 11) is 0. The Labute approximate surface area is 344 Å². The molecule has 0 atom stereocenters. The molecule has 0 saturated carbocycles. The van der Waals surface area contributed by atoms with Crippen molar-refractivity contribution in [1.29, 1.82) is 0 Å². The lowest BCUT2D eigenvalue weighted by Crippen LogP contribution is -2.03. The number of rotatable bonds is 8. The van der Waals surface area contributed by atoms with Crippen molar-refractivity contribution < 1.29 is 4.74 Å². The summed E-state index contributed by atoms with van der Waals surface area (Å²) in [5.74, 6) is 2.82. The highest BCUT2D eigenvalue weighted by molar-refractivity contribution is 6.13. The number of nitrogens with zero attached hydrogens (tertiary/aromatic N) is 6. The smallest absolute Gasteiger partial charge is 0.165 e. The van der Waals surface area contributed by atoms with Gasteiger partial charge >= 0.3 is 0 Å². The first-order chi connectivity index (χ1) is 28.6. The molecule has 7 nitrogen and oxygen atoms in total. The van der Waals surface area contributed by atoms with E-state index in [1.807, 2.05) is 12.3 Å². The number of aromatic nitrogens is 6. The molecule has 0 aliphatic carbocycles. The van der Waals surface area contributed by atoms with E-state index < -0.39 is 0 Å². The van der Waals surface area contributed by atoms with Crippen molar-refractivity contribution >= 4 is 54.9 Å². The monoisotopic (exact) mass is 772 g/mol. The second-order valence-electron chi connectivity index (χ2n) is 17.1. The molecule has 10 aromatic rings. The molecule has 5 heterocycles. The van der Waals surface area contributed by atoms with Gasteiger partial charge in [-0.25, -0.2) is 15.0 Å². The predicted molar refractivity (Wildman–Crippen MR) is 243 cm³/mol. The maximum Gasteiger partial charge on any atom is 0.165 e. The Balaban J connectivity index is 1.15. The lowest BCUT2D eigenvalue weighted by molar-refractivity contribution is 0.484. The van der Waals surface area contributed by atoms with Crippen molar-refractivity contribution in [3.63, 3.8) is 0 Å². The number of imidazole rings is 2. The molecule has 0 unspecified atom stereocenters. The summed E-state index contributed by atoms with van der Waals surface area (Å²) in [6, 6.07) is 34.6. The lowest BCUT2D eigenvalue weighted by Gasteiger charge is -2.20. The van der Waals surface area contributed by atoms with Gasteiger partial charge in [0.15, 0.2) is 5.65 Å². The van der Waals surface area contributed by atoms with Crippen LogP contribution in [-0.4, -0.2) is 28.7 Å². The summed E-state index contributed by atoms with van der Waals surface area (Å²) < 4.78 is 11.3. The molecule has 0 spiro atoms. The fraction of sp³-hybridized carbons (Fsp3) is 0.231. The van der Waals surface area contributed by atoms with Gasteiger partial charge in [-0.2, -0.15) is 0 Å². The first-order valence-corrected chi connectivity index (χ1v) is 20.9. The van der Waals surface area contributed by atoms with Crippen molar-refractivity contribution in [3.8, 4) is 34.0 Å². The standard InChI is InChI=1S/C52H48N6O/c1-29(2)35-14-11-15-36(30(3)4)47(35)45-27-55-50-42-25-33(19-21-39(42)40-13-9-10-18-44(40)57(45)50)59-34-20-22-41-43(26-34)51-56-28-46(58(51)52-49(41)53-23-24-54-52)48-37(31(5)6)16-12-17-38(48)32(7)8/h9-32H,1-8H3. The molecule has 59 heavy (non-hydrogen) atoms. The lowest BCUT2D eigenvalue weighted by atomic mass is 9.87. The zero-order chi connectivity index (χ0) is 40.7. The molecule has 0 fully saturated rings. The van der Waals surface area contributed by atoms with Crippen LogP contribution in [0.4, 0.5) is 0 Å². The van der Waals surface area contributed by atoms with Crippen LogP contribution in [0.2, 0.25) is 0 Å². The van der Waals surface area contributed by atoms with Crippen LogP contribution < -0.4 is 4.74 Å². The van der Waals surface area contributed by atoms with Gasteiger partial charge in [0.1, 0.15) is 28.3 Å². The summed E-state index contributed by atoms with van der Waals surface area (Å²) >= 11 is 0. The Bertz CT molecular complexity index is 3010. The number of ether oxygens (including phenoxy) is 1. The Morgan fingerprint density at radius 2 is 0.915 bits per heavy atom. The molecule has 0 radical (unpaired) electrons. The van der Waals surface area contributed by atoms with Crippen molar-refractivity contribution in [1.82, 2.24) is 28.7 Å². The summed E-state index contributed by atoms with van der Waals surface area (Å²) in [6.07, 6.45) is 7.60. The molecule has 5 aromatic carbocycles. The topological polar surface area (TPSA) is 69.6 Å². The predicted octanol–water partition coefficient (Wildman–Crippen LogP) is 14.0. The quantitative estimate of drug-likeness (QED) is 0.144. The van der Waals surface area contributed by atoms with Crippen LogP contribution in [0, 0.1) is 0 Å². The van der Waals surface area contributed by atoms with E-state index in [4.69, 9.17) is 24.7 Å². The van der Waals surface area contributed by atoms with Gasteiger partial charge in [-0.05, 0) is 93.8 Å². The van der Waals surface area contributed by atoms with Crippen LogP contribution in [-0.2, 0) is 0 Å². The van der Waals surface area contributed by atoms with E-state index in [0.29, 0.717) is 29.4 Å². The van der Waals surface area contributed by atoms with Crippen molar-refractivity contribution in [2.75, 3.05) is 0 Å². The summed E-state index contributed by atoms with van der Waals surface area (Å²) in [6.45, 7) is 18.1. The van der Waals surface area contributed by atoms with Gasteiger partial charge in [0.2, 0.25) is 0 Å². The summed E-state index contributed by atoms with van der Waals surface area (Å²) in [4.78, 5) is 20.1. The molecule has 0 amide bonds. The molecule has 0 aliphatic heterocycles. The molecule has 0 aliphatic rings. The van der Waals surface area contributed by atoms with Gasteiger partial charge in [0.25, 0.3) is 0 Å². The van der Waals surface area contributed by atoms with Gasteiger partial charge in [-0.3, -0.25) is 13.8 Å². The first-order valence-electron chi connectivity index (χ1n) is 20.9. The van der Waals surface area contributed by atoms with Gasteiger partial charge in [-0.1, -0.05) is 110 Å². The molecular weight excluding hydrogens is 725 g/mol. The second-order valence-corrected chi connectivity index (χ2v) is 17.1. The van der Waals surface area contributed by atoms with Crippen LogP contribution >= 0.6 is 0 Å². The van der Waals surface area contributed by atoms with Crippen LogP contribution in [0.1, 0.15) is 101 Å². The molecule has 0 N–H and O–H groups in total. The zero-order valence-electron chi connectivity index (χ0n) is 34.9. The maximum absolute atomic E-state index is 6.79. The highest BCUT2D eigenvalue weighted by Gasteiger charge is 2.24. The van der Waals surface area contributed by atoms with Crippen molar-refractivity contribution in [2.24, 2.45) is 0 Å². The van der Waals surface area contributed by atoms with E-state index >= 15 is 0 Å². The minimum absolute atomic E-state index is 0.329. The van der Waals surface area contributed by atoms with Crippen molar-refractivity contribution in [2.45, 2.75) is 79.1 Å². The van der Waals surface area contributed by atoms with Gasteiger partial charge in [-0.15, -0.1) is 0 Å². The third-order valence-corrected chi connectivity index (χ3v) is 12.1. The van der Waals surface area contributed by atoms with Gasteiger partial charge in [0, 0.05) is 45.1 Å². The minimum Gasteiger partial charge on any atom is -0.457 e. The fourth-order valence-corrected chi connectivity index (χ4v) is 9.29. The molecule has 0 saturated heterocycles. The highest BCUT2D eigenvalue weighted by Crippen LogP contribution is 2.42. The van der Waals surface area contributed by atoms with E-state index in [-0.39, 0.29) is 0 Å². The number of hydrogen-bond donors (Lipinski definition) is 0. The van der Waals surface area contributed by atoms with Gasteiger partial charge < -0.3 is 4.74 Å². The maximum atomic E-state index is 6.79. The number of benzene rings is 5. The Hall–Kier alpha value is -6.60. The Morgan fingerprint density at radius 1 is 0.424 bits per heavy atom. The number of fused-ring (bicyclic) bond motifs is 12. The summed E-state index contributed by atoms with van der Waals surface area (Å²) in [5, 5.41) is 5.27. The molecule has 292 valence electrons. The second kappa shape index (κ2) is 14.0.